The molecule has 1 fully saturated rings. The number of hydrogen-bond donors (Lipinski definition) is 1. The van der Waals surface area contributed by atoms with Crippen LogP contribution >= 0.6 is 0 Å². The Labute approximate surface area is 168 Å². The van der Waals surface area contributed by atoms with Crippen LogP contribution in [-0.2, 0) is 10.2 Å². The lowest BCUT2D eigenvalue weighted by Crippen LogP contribution is -2.26. The van der Waals surface area contributed by atoms with Gasteiger partial charge in [0.15, 0.2) is 0 Å². The first-order valence-electron chi connectivity index (χ1n) is 9.98. The molecule has 0 spiro atoms. The molecule has 0 aliphatic carbocycles. The van der Waals surface area contributed by atoms with E-state index in [4.69, 9.17) is 9.72 Å². The van der Waals surface area contributed by atoms with Gasteiger partial charge in [-0.2, -0.15) is 0 Å². The molecule has 5 heteroatoms. The van der Waals surface area contributed by atoms with Gasteiger partial charge >= 0.3 is 0 Å². The number of nitrogens with one attached hydrogen (secondary N) is 1. The molecule has 2 aromatic rings. The predicted octanol–water partition coefficient (Wildman–Crippen LogP) is 4.23. The third-order valence-corrected chi connectivity index (χ3v) is 5.07. The molecule has 2 atom stereocenters. The van der Waals surface area contributed by atoms with Gasteiger partial charge in [0.05, 0.1) is 12.6 Å². The molecule has 1 aromatic heterocycles. The van der Waals surface area contributed by atoms with Crippen molar-refractivity contribution in [1.29, 1.82) is 0 Å². The van der Waals surface area contributed by atoms with Crippen LogP contribution in [0.1, 0.15) is 58.3 Å². The molecular weight excluding hydrogens is 350 g/mol. The number of carbonyl (C=O) groups excluding carboxylic acids is 1. The summed E-state index contributed by atoms with van der Waals surface area (Å²) < 4.78 is 6.18. The van der Waals surface area contributed by atoms with Gasteiger partial charge in [0.2, 0.25) is 5.91 Å². The predicted molar refractivity (Wildman–Crippen MR) is 113 cm³/mol. The summed E-state index contributed by atoms with van der Waals surface area (Å²) in [5.74, 6) is 1.86. The number of benzene rings is 1. The minimum atomic E-state index is -0.0250. The van der Waals surface area contributed by atoms with Crippen LogP contribution in [0.4, 0.5) is 5.82 Å². The zero-order valence-corrected chi connectivity index (χ0v) is 17.5. The zero-order valence-electron chi connectivity index (χ0n) is 17.5. The molecule has 0 radical (unpaired) electrons. The zero-order chi connectivity index (χ0) is 20.3. The first-order chi connectivity index (χ1) is 13.2. The van der Waals surface area contributed by atoms with Crippen LogP contribution in [0.3, 0.4) is 0 Å². The number of hydrogen-bond acceptors (Lipinski definition) is 4. The lowest BCUT2D eigenvalue weighted by atomic mass is 9.92. The Kier molecular flexibility index (Phi) is 5.92. The molecule has 1 amide bonds. The molecule has 1 unspecified atom stereocenters. The van der Waals surface area contributed by atoms with Gasteiger partial charge < -0.3 is 15.0 Å². The van der Waals surface area contributed by atoms with E-state index in [2.05, 4.69) is 49.2 Å². The van der Waals surface area contributed by atoms with Crippen molar-refractivity contribution in [1.82, 2.24) is 10.3 Å². The Balaban J connectivity index is 1.60. The number of nitrogens with zero attached hydrogens (tertiary/aromatic N) is 2. The summed E-state index contributed by atoms with van der Waals surface area (Å²) in [7, 11) is 0. The summed E-state index contributed by atoms with van der Waals surface area (Å²) in [6.07, 6.45) is 1.13. The van der Waals surface area contributed by atoms with E-state index in [9.17, 15) is 4.79 Å². The molecule has 1 aromatic carbocycles. The molecular formula is C23H31N3O2. The van der Waals surface area contributed by atoms with Crippen LogP contribution in [0.15, 0.2) is 42.5 Å². The highest BCUT2D eigenvalue weighted by molar-refractivity contribution is 5.73. The fourth-order valence-corrected chi connectivity index (χ4v) is 3.47. The second kappa shape index (κ2) is 8.21. The Morgan fingerprint density at radius 1 is 1.21 bits per heavy atom. The average molecular weight is 382 g/mol. The number of carbonyl (C=O) groups is 1. The van der Waals surface area contributed by atoms with E-state index < -0.39 is 0 Å². The maximum Gasteiger partial charge on any atom is 0.217 e. The number of aromatic nitrogens is 1. The van der Waals surface area contributed by atoms with Crippen LogP contribution in [0, 0.1) is 0 Å². The van der Waals surface area contributed by atoms with Crippen molar-refractivity contribution >= 4 is 11.7 Å². The van der Waals surface area contributed by atoms with Crippen LogP contribution in [0.25, 0.3) is 0 Å². The second-order valence-electron chi connectivity index (χ2n) is 8.60. The van der Waals surface area contributed by atoms with Gasteiger partial charge in [0.25, 0.3) is 0 Å². The summed E-state index contributed by atoms with van der Waals surface area (Å²) in [5.41, 5.74) is 2.22. The number of anilines is 1. The Bertz CT molecular complexity index is 811. The van der Waals surface area contributed by atoms with Crippen molar-refractivity contribution in [3.8, 4) is 5.75 Å². The highest BCUT2D eigenvalue weighted by Crippen LogP contribution is 2.26. The van der Waals surface area contributed by atoms with E-state index in [-0.39, 0.29) is 23.5 Å². The summed E-state index contributed by atoms with van der Waals surface area (Å²) >= 11 is 0. The summed E-state index contributed by atoms with van der Waals surface area (Å²) in [5, 5.41) is 2.90. The van der Waals surface area contributed by atoms with Crippen molar-refractivity contribution in [3.05, 3.63) is 53.7 Å². The highest BCUT2D eigenvalue weighted by atomic mass is 16.5. The summed E-state index contributed by atoms with van der Waals surface area (Å²) in [4.78, 5) is 18.4. The van der Waals surface area contributed by atoms with E-state index in [1.807, 2.05) is 31.2 Å². The standard InChI is InChI=1S/C23H31N3O2/c1-16(24-17(2)27)18-9-11-19(12-10-18)28-20-13-14-26(15-20)22-8-6-7-21(25-22)23(3,4)5/h6-12,16,20H,13-15H2,1-5H3,(H,24,27)/t16-,20?/m0/s1. The van der Waals surface area contributed by atoms with E-state index in [1.165, 1.54) is 6.92 Å². The van der Waals surface area contributed by atoms with E-state index in [1.54, 1.807) is 0 Å². The second-order valence-corrected chi connectivity index (χ2v) is 8.60. The van der Waals surface area contributed by atoms with Crippen molar-refractivity contribution in [2.24, 2.45) is 0 Å². The van der Waals surface area contributed by atoms with Gasteiger partial charge in [-0.1, -0.05) is 39.0 Å². The van der Waals surface area contributed by atoms with Gasteiger partial charge in [-0.25, -0.2) is 4.98 Å². The molecule has 1 N–H and O–H groups in total. The van der Waals surface area contributed by atoms with Crippen molar-refractivity contribution in [3.63, 3.8) is 0 Å². The summed E-state index contributed by atoms with van der Waals surface area (Å²) in [6, 6.07) is 14.2. The van der Waals surface area contributed by atoms with Crippen LogP contribution < -0.4 is 15.0 Å². The van der Waals surface area contributed by atoms with Gasteiger partial charge in [-0.05, 0) is 36.8 Å². The summed E-state index contributed by atoms with van der Waals surface area (Å²) in [6.45, 7) is 11.9. The van der Waals surface area contributed by atoms with Gasteiger partial charge in [-0.3, -0.25) is 4.79 Å². The maximum atomic E-state index is 11.2. The topological polar surface area (TPSA) is 54.5 Å². The molecule has 1 saturated heterocycles. The lowest BCUT2D eigenvalue weighted by molar-refractivity contribution is -0.119. The van der Waals surface area contributed by atoms with Gasteiger partial charge in [-0.15, -0.1) is 0 Å². The quantitative estimate of drug-likeness (QED) is 0.842. The smallest absolute Gasteiger partial charge is 0.217 e. The minimum absolute atomic E-state index is 0.00492. The highest BCUT2D eigenvalue weighted by Gasteiger charge is 2.26. The molecule has 2 heterocycles. The molecule has 28 heavy (non-hydrogen) atoms. The van der Waals surface area contributed by atoms with E-state index >= 15 is 0 Å². The van der Waals surface area contributed by atoms with Crippen molar-refractivity contribution < 1.29 is 9.53 Å². The number of amides is 1. The Morgan fingerprint density at radius 2 is 1.93 bits per heavy atom. The first-order valence-corrected chi connectivity index (χ1v) is 9.98. The monoisotopic (exact) mass is 381 g/mol. The van der Waals surface area contributed by atoms with Crippen LogP contribution in [0.5, 0.6) is 5.75 Å². The molecule has 5 nitrogen and oxygen atoms in total. The molecule has 1 aliphatic rings. The number of rotatable bonds is 5. The molecule has 0 saturated carbocycles. The number of pyridine rings is 1. The largest absolute Gasteiger partial charge is 0.489 e. The minimum Gasteiger partial charge on any atom is -0.489 e. The normalized spacial score (nSPS) is 18.0. The molecule has 3 rings (SSSR count). The maximum absolute atomic E-state index is 11.2. The van der Waals surface area contributed by atoms with E-state index in [0.29, 0.717) is 0 Å². The average Bonchev–Trinajstić information content (AvgIpc) is 3.10. The Hall–Kier alpha value is -2.56. The van der Waals surface area contributed by atoms with Crippen molar-refractivity contribution in [2.75, 3.05) is 18.0 Å². The van der Waals surface area contributed by atoms with Gasteiger partial charge in [0, 0.05) is 31.0 Å². The fourth-order valence-electron chi connectivity index (χ4n) is 3.47. The Morgan fingerprint density at radius 3 is 2.57 bits per heavy atom. The third-order valence-electron chi connectivity index (χ3n) is 5.07. The fraction of sp³-hybridized carbons (Fsp3) is 0.478. The number of ether oxygens (including phenoxy) is 1. The van der Waals surface area contributed by atoms with E-state index in [0.717, 1.165) is 42.3 Å². The third kappa shape index (κ3) is 5.03. The molecule has 150 valence electrons. The SMILES string of the molecule is CC(=O)N[C@@H](C)c1ccc(OC2CCN(c3cccc(C(C)(C)C)n3)C2)cc1. The molecule has 0 bridgehead atoms. The first kappa shape index (κ1) is 20.2. The molecule has 1 aliphatic heterocycles. The van der Waals surface area contributed by atoms with Crippen LogP contribution in [-0.4, -0.2) is 30.1 Å². The lowest BCUT2D eigenvalue weighted by Gasteiger charge is -2.22. The van der Waals surface area contributed by atoms with Crippen molar-refractivity contribution in [2.45, 2.75) is 58.6 Å². The van der Waals surface area contributed by atoms with Crippen LogP contribution in [0.2, 0.25) is 0 Å². The van der Waals surface area contributed by atoms with Gasteiger partial charge in [0.1, 0.15) is 17.7 Å².